The maximum Gasteiger partial charge on any atom is 0.253 e. The molecule has 0 fully saturated rings. The van der Waals surface area contributed by atoms with E-state index in [2.05, 4.69) is 20.5 Å². The summed E-state index contributed by atoms with van der Waals surface area (Å²) in [5.41, 5.74) is 3.30. The smallest absolute Gasteiger partial charge is 0.253 e. The second-order valence-corrected chi connectivity index (χ2v) is 4.57. The number of aromatic amines is 1. The molecule has 0 radical (unpaired) electrons. The molecule has 0 atom stereocenters. The maximum atomic E-state index is 11.9. The fourth-order valence-electron chi connectivity index (χ4n) is 1.98. The summed E-state index contributed by atoms with van der Waals surface area (Å²) in [4.78, 5) is 15.8. The first-order valence-electron chi connectivity index (χ1n) is 6.61. The van der Waals surface area contributed by atoms with Gasteiger partial charge in [-0.25, -0.2) is 0 Å². The Morgan fingerprint density at radius 1 is 1.14 bits per heavy atom. The molecule has 0 unspecified atom stereocenters. The number of aromatic nitrogens is 3. The topological polar surface area (TPSA) is 70.7 Å². The minimum atomic E-state index is -0.154. The van der Waals surface area contributed by atoms with Crippen molar-refractivity contribution in [3.05, 3.63) is 72.2 Å². The summed E-state index contributed by atoms with van der Waals surface area (Å²) in [5, 5.41) is 10.0. The lowest BCUT2D eigenvalue weighted by molar-refractivity contribution is 0.0950. The van der Waals surface area contributed by atoms with Crippen molar-refractivity contribution < 1.29 is 4.79 Å². The monoisotopic (exact) mass is 278 g/mol. The molecule has 0 aliphatic carbocycles. The summed E-state index contributed by atoms with van der Waals surface area (Å²) in [7, 11) is 0. The molecule has 0 bridgehead atoms. The molecule has 0 saturated heterocycles. The minimum Gasteiger partial charge on any atom is -0.346 e. The molecular formula is C16H14N4O. The molecule has 1 amide bonds. The van der Waals surface area contributed by atoms with E-state index in [4.69, 9.17) is 0 Å². The Labute approximate surface area is 122 Å². The van der Waals surface area contributed by atoms with Gasteiger partial charge in [-0.2, -0.15) is 5.10 Å². The van der Waals surface area contributed by atoms with Crippen molar-refractivity contribution in [2.24, 2.45) is 0 Å². The average Bonchev–Trinajstić information content (AvgIpc) is 3.03. The van der Waals surface area contributed by atoms with Crippen molar-refractivity contribution in [1.29, 1.82) is 0 Å². The molecule has 3 aromatic rings. The van der Waals surface area contributed by atoms with E-state index in [-0.39, 0.29) is 5.91 Å². The quantitative estimate of drug-likeness (QED) is 0.770. The summed E-state index contributed by atoms with van der Waals surface area (Å²) in [6, 6.07) is 15.3. The second-order valence-electron chi connectivity index (χ2n) is 4.57. The Kier molecular flexibility index (Phi) is 3.73. The van der Waals surface area contributed by atoms with E-state index in [9.17, 15) is 4.79 Å². The van der Waals surface area contributed by atoms with Gasteiger partial charge in [0.05, 0.1) is 23.5 Å². The van der Waals surface area contributed by atoms with Crippen molar-refractivity contribution >= 4 is 5.91 Å². The first-order chi connectivity index (χ1) is 10.3. The van der Waals surface area contributed by atoms with Crippen LogP contribution in [0.3, 0.4) is 0 Å². The summed E-state index contributed by atoms with van der Waals surface area (Å²) >= 11 is 0. The van der Waals surface area contributed by atoms with Crippen molar-refractivity contribution in [3.63, 3.8) is 0 Å². The standard InChI is InChI=1S/C16H14N4O/c21-16(13-7-4-8-17-10-13)18-11-14-9-15(20-19-14)12-5-2-1-3-6-12/h1-10H,11H2,(H,18,21)(H,19,20). The highest BCUT2D eigenvalue weighted by Gasteiger charge is 2.07. The fourth-order valence-corrected chi connectivity index (χ4v) is 1.98. The van der Waals surface area contributed by atoms with Crippen molar-refractivity contribution in [2.45, 2.75) is 6.54 Å². The molecule has 3 rings (SSSR count). The van der Waals surface area contributed by atoms with E-state index in [1.54, 1.807) is 18.3 Å². The normalized spacial score (nSPS) is 10.3. The zero-order valence-corrected chi connectivity index (χ0v) is 11.3. The number of pyridine rings is 1. The first-order valence-corrected chi connectivity index (χ1v) is 6.61. The summed E-state index contributed by atoms with van der Waals surface area (Å²) < 4.78 is 0. The molecule has 1 aromatic carbocycles. The van der Waals surface area contributed by atoms with Gasteiger partial charge in [-0.1, -0.05) is 30.3 Å². The maximum absolute atomic E-state index is 11.9. The zero-order valence-electron chi connectivity index (χ0n) is 11.3. The van der Waals surface area contributed by atoms with Crippen LogP contribution in [0.4, 0.5) is 0 Å². The third-order valence-electron chi connectivity index (χ3n) is 3.06. The molecule has 0 saturated carbocycles. The fraction of sp³-hybridized carbons (Fsp3) is 0.0625. The van der Waals surface area contributed by atoms with Gasteiger partial charge in [-0.15, -0.1) is 0 Å². The Bertz CT molecular complexity index is 722. The Morgan fingerprint density at radius 3 is 2.76 bits per heavy atom. The number of benzene rings is 1. The van der Waals surface area contributed by atoms with Crippen LogP contribution in [0.1, 0.15) is 16.1 Å². The summed E-state index contributed by atoms with van der Waals surface area (Å²) in [5.74, 6) is -0.154. The number of carbonyl (C=O) groups is 1. The van der Waals surface area contributed by atoms with Crippen LogP contribution < -0.4 is 5.32 Å². The number of nitrogens with one attached hydrogen (secondary N) is 2. The van der Waals surface area contributed by atoms with Gasteiger partial charge in [0.15, 0.2) is 0 Å². The summed E-state index contributed by atoms with van der Waals surface area (Å²) in [6.07, 6.45) is 3.18. The number of hydrogen-bond donors (Lipinski definition) is 2. The number of rotatable bonds is 4. The van der Waals surface area contributed by atoms with Crippen LogP contribution in [0.5, 0.6) is 0 Å². The van der Waals surface area contributed by atoms with E-state index in [1.807, 2.05) is 36.4 Å². The molecule has 5 heteroatoms. The molecule has 0 aliphatic heterocycles. The Hall–Kier alpha value is -2.95. The molecule has 2 aromatic heterocycles. The largest absolute Gasteiger partial charge is 0.346 e. The number of H-pyrrole nitrogens is 1. The van der Waals surface area contributed by atoms with Crippen LogP contribution in [-0.4, -0.2) is 21.1 Å². The third-order valence-corrected chi connectivity index (χ3v) is 3.06. The molecule has 104 valence electrons. The molecule has 2 heterocycles. The van der Waals surface area contributed by atoms with E-state index in [1.165, 1.54) is 6.20 Å². The predicted octanol–water partition coefficient (Wildman–Crippen LogP) is 2.40. The predicted molar refractivity (Wildman–Crippen MR) is 79.4 cm³/mol. The molecule has 5 nitrogen and oxygen atoms in total. The van der Waals surface area contributed by atoms with Crippen LogP contribution in [0.2, 0.25) is 0 Å². The van der Waals surface area contributed by atoms with Gasteiger partial charge >= 0.3 is 0 Å². The Morgan fingerprint density at radius 2 is 2.00 bits per heavy atom. The van der Waals surface area contributed by atoms with Gasteiger partial charge in [-0.05, 0) is 18.2 Å². The van der Waals surface area contributed by atoms with Crippen molar-refractivity contribution in [2.75, 3.05) is 0 Å². The van der Waals surface area contributed by atoms with Gasteiger partial charge in [0, 0.05) is 18.0 Å². The lowest BCUT2D eigenvalue weighted by atomic mass is 10.1. The molecule has 0 aliphatic rings. The number of hydrogen-bond acceptors (Lipinski definition) is 3. The van der Waals surface area contributed by atoms with Gasteiger partial charge in [0.2, 0.25) is 0 Å². The molecule has 21 heavy (non-hydrogen) atoms. The van der Waals surface area contributed by atoms with Gasteiger partial charge in [0.25, 0.3) is 5.91 Å². The average molecular weight is 278 g/mol. The van der Waals surface area contributed by atoms with E-state index in [0.29, 0.717) is 12.1 Å². The van der Waals surface area contributed by atoms with Crippen LogP contribution in [0.25, 0.3) is 11.3 Å². The third kappa shape index (κ3) is 3.14. The van der Waals surface area contributed by atoms with Gasteiger partial charge in [0.1, 0.15) is 0 Å². The van der Waals surface area contributed by atoms with Crippen LogP contribution in [0.15, 0.2) is 60.9 Å². The van der Waals surface area contributed by atoms with Crippen LogP contribution >= 0.6 is 0 Å². The first kappa shape index (κ1) is 13.1. The number of carbonyl (C=O) groups excluding carboxylic acids is 1. The molecule has 2 N–H and O–H groups in total. The van der Waals surface area contributed by atoms with Gasteiger partial charge in [-0.3, -0.25) is 14.9 Å². The van der Waals surface area contributed by atoms with Crippen LogP contribution in [-0.2, 0) is 6.54 Å². The molecular weight excluding hydrogens is 264 g/mol. The van der Waals surface area contributed by atoms with Gasteiger partial charge < -0.3 is 5.32 Å². The van der Waals surface area contributed by atoms with E-state index < -0.39 is 0 Å². The number of nitrogens with zero attached hydrogens (tertiary/aromatic N) is 2. The lowest BCUT2D eigenvalue weighted by Gasteiger charge is -2.02. The SMILES string of the molecule is O=C(NCc1cc(-c2ccccc2)n[nH]1)c1cccnc1. The minimum absolute atomic E-state index is 0.154. The van der Waals surface area contributed by atoms with Crippen molar-refractivity contribution in [1.82, 2.24) is 20.5 Å². The van der Waals surface area contributed by atoms with Crippen molar-refractivity contribution in [3.8, 4) is 11.3 Å². The molecule has 0 spiro atoms. The summed E-state index contributed by atoms with van der Waals surface area (Å²) in [6.45, 7) is 0.396. The zero-order chi connectivity index (χ0) is 14.5. The highest BCUT2D eigenvalue weighted by atomic mass is 16.1. The highest BCUT2D eigenvalue weighted by Crippen LogP contribution is 2.16. The van der Waals surface area contributed by atoms with E-state index >= 15 is 0 Å². The Balaban J connectivity index is 1.64. The lowest BCUT2D eigenvalue weighted by Crippen LogP contribution is -2.23. The van der Waals surface area contributed by atoms with Crippen LogP contribution in [0, 0.1) is 0 Å². The highest BCUT2D eigenvalue weighted by molar-refractivity contribution is 5.93. The van der Waals surface area contributed by atoms with E-state index in [0.717, 1.165) is 17.0 Å². The second kappa shape index (κ2) is 6.00. The number of amides is 1.